The number of benzene rings is 1. The van der Waals surface area contributed by atoms with Crippen molar-refractivity contribution in [3.8, 4) is 5.19 Å². The molecule has 27 heavy (non-hydrogen) atoms. The van der Waals surface area contributed by atoms with Crippen molar-refractivity contribution in [3.63, 3.8) is 0 Å². The molecular formula is C20H26F2N2O2S. The van der Waals surface area contributed by atoms with E-state index in [2.05, 4.69) is 18.8 Å². The molecule has 0 atom stereocenters. The highest BCUT2D eigenvalue weighted by atomic mass is 32.1. The Morgan fingerprint density at radius 2 is 1.93 bits per heavy atom. The number of likely N-dealkylation sites (tertiary alicyclic amines) is 1. The number of amides is 1. The number of ether oxygens (including phenoxy) is 1. The van der Waals surface area contributed by atoms with Crippen LogP contribution in [0.2, 0.25) is 0 Å². The van der Waals surface area contributed by atoms with E-state index in [1.54, 1.807) is 0 Å². The molecule has 7 heteroatoms. The maximum atomic E-state index is 13.8. The molecule has 0 spiro atoms. The third kappa shape index (κ3) is 4.75. The fourth-order valence-electron chi connectivity index (χ4n) is 3.67. The first-order valence-electron chi connectivity index (χ1n) is 9.72. The number of piperidine rings is 1. The largest absolute Gasteiger partial charge is 0.467 e. The fourth-order valence-corrected chi connectivity index (χ4v) is 4.59. The Bertz CT molecular complexity index is 782. The summed E-state index contributed by atoms with van der Waals surface area (Å²) in [6.07, 6.45) is 5.31. The lowest BCUT2D eigenvalue weighted by atomic mass is 9.95. The van der Waals surface area contributed by atoms with Crippen molar-refractivity contribution in [3.05, 3.63) is 23.8 Å². The molecule has 148 valence electrons. The molecule has 0 radical (unpaired) electrons. The lowest BCUT2D eigenvalue weighted by Crippen LogP contribution is -2.44. The van der Waals surface area contributed by atoms with Gasteiger partial charge in [0.15, 0.2) is 5.82 Å². The van der Waals surface area contributed by atoms with Gasteiger partial charge in [-0.05, 0) is 18.9 Å². The number of rotatable bonds is 7. The molecular weight excluding hydrogens is 370 g/mol. The molecule has 1 fully saturated rings. The predicted octanol–water partition coefficient (Wildman–Crippen LogP) is 5.16. The van der Waals surface area contributed by atoms with Crippen LogP contribution in [0.5, 0.6) is 5.19 Å². The standard InChI is InChI=1S/C20H26F2N2O2S/c1-3-5-13(6-4-2)19(25)24-9-7-15(8-10-24)26-20-23-18-16(22)11-14(21)12-17(18)27-20/h11-13,15H,3-10H2,1-2H3. The van der Waals surface area contributed by atoms with Crippen molar-refractivity contribution in [2.75, 3.05) is 13.1 Å². The molecule has 3 rings (SSSR count). The summed E-state index contributed by atoms with van der Waals surface area (Å²) < 4.78 is 33.4. The molecule has 1 aliphatic heterocycles. The van der Waals surface area contributed by atoms with Crippen molar-refractivity contribution in [2.24, 2.45) is 5.92 Å². The Hall–Kier alpha value is -1.76. The monoisotopic (exact) mass is 396 g/mol. The average molecular weight is 397 g/mol. The highest BCUT2D eigenvalue weighted by Crippen LogP contribution is 2.32. The van der Waals surface area contributed by atoms with Crippen molar-refractivity contribution in [1.82, 2.24) is 9.88 Å². The van der Waals surface area contributed by atoms with Gasteiger partial charge in [0.25, 0.3) is 5.19 Å². The first-order valence-corrected chi connectivity index (χ1v) is 10.5. The fraction of sp³-hybridized carbons (Fsp3) is 0.600. The van der Waals surface area contributed by atoms with E-state index in [9.17, 15) is 13.6 Å². The van der Waals surface area contributed by atoms with Gasteiger partial charge in [0.2, 0.25) is 5.91 Å². The minimum atomic E-state index is -0.672. The van der Waals surface area contributed by atoms with Gasteiger partial charge in [-0.3, -0.25) is 4.79 Å². The molecule has 0 N–H and O–H groups in total. The van der Waals surface area contributed by atoms with E-state index >= 15 is 0 Å². The maximum Gasteiger partial charge on any atom is 0.274 e. The van der Waals surface area contributed by atoms with Crippen LogP contribution in [0, 0.1) is 17.6 Å². The van der Waals surface area contributed by atoms with Gasteiger partial charge in [-0.15, -0.1) is 0 Å². The summed E-state index contributed by atoms with van der Waals surface area (Å²) in [5.41, 5.74) is 0.144. The number of aromatic nitrogens is 1. The molecule has 2 heterocycles. The number of carbonyl (C=O) groups is 1. The topological polar surface area (TPSA) is 42.4 Å². The van der Waals surface area contributed by atoms with Crippen molar-refractivity contribution in [1.29, 1.82) is 0 Å². The molecule has 4 nitrogen and oxygen atoms in total. The van der Waals surface area contributed by atoms with Gasteiger partial charge < -0.3 is 9.64 Å². The van der Waals surface area contributed by atoms with E-state index in [0.29, 0.717) is 23.0 Å². The van der Waals surface area contributed by atoms with Crippen LogP contribution >= 0.6 is 11.3 Å². The van der Waals surface area contributed by atoms with Gasteiger partial charge in [0.05, 0.1) is 4.70 Å². The number of halogens is 2. The van der Waals surface area contributed by atoms with Crippen molar-refractivity contribution in [2.45, 2.75) is 58.5 Å². The van der Waals surface area contributed by atoms with Gasteiger partial charge in [0, 0.05) is 37.9 Å². The summed E-state index contributed by atoms with van der Waals surface area (Å²) in [4.78, 5) is 18.8. The summed E-state index contributed by atoms with van der Waals surface area (Å²) in [5, 5.41) is 0.356. The minimum absolute atomic E-state index is 0.0571. The Balaban J connectivity index is 1.58. The average Bonchev–Trinajstić information content (AvgIpc) is 3.04. The quantitative estimate of drug-likeness (QED) is 0.649. The first-order chi connectivity index (χ1) is 13.0. The third-order valence-corrected chi connectivity index (χ3v) is 5.93. The van der Waals surface area contributed by atoms with Crippen LogP contribution in [-0.4, -0.2) is 35.0 Å². The summed E-state index contributed by atoms with van der Waals surface area (Å²) in [6, 6.07) is 2.10. The van der Waals surface area contributed by atoms with Gasteiger partial charge in [0.1, 0.15) is 17.4 Å². The Morgan fingerprint density at radius 3 is 2.56 bits per heavy atom. The predicted molar refractivity (Wildman–Crippen MR) is 103 cm³/mol. The van der Waals surface area contributed by atoms with Gasteiger partial charge >= 0.3 is 0 Å². The molecule has 1 aliphatic rings. The second-order valence-electron chi connectivity index (χ2n) is 7.13. The summed E-state index contributed by atoms with van der Waals surface area (Å²) in [6.45, 7) is 5.56. The van der Waals surface area contributed by atoms with E-state index in [1.807, 2.05) is 4.90 Å². The number of hydrogen-bond donors (Lipinski definition) is 0. The number of thiazole rings is 1. The molecule has 0 unspecified atom stereocenters. The van der Waals surface area contributed by atoms with Crippen LogP contribution in [0.3, 0.4) is 0 Å². The summed E-state index contributed by atoms with van der Waals surface area (Å²) in [7, 11) is 0. The van der Waals surface area contributed by atoms with E-state index in [4.69, 9.17) is 4.74 Å². The van der Waals surface area contributed by atoms with Crippen LogP contribution < -0.4 is 4.74 Å². The van der Waals surface area contributed by atoms with Gasteiger partial charge in [-0.25, -0.2) is 8.78 Å². The first kappa shape index (κ1) is 20.0. The molecule has 1 aromatic heterocycles. The number of fused-ring (bicyclic) bond motifs is 1. The van der Waals surface area contributed by atoms with Crippen LogP contribution in [0.4, 0.5) is 8.78 Å². The van der Waals surface area contributed by atoms with E-state index in [1.165, 1.54) is 6.07 Å². The smallest absolute Gasteiger partial charge is 0.274 e. The molecule has 1 aromatic carbocycles. The van der Waals surface area contributed by atoms with Gasteiger partial charge in [-0.2, -0.15) is 4.98 Å². The van der Waals surface area contributed by atoms with E-state index in [0.717, 1.165) is 55.9 Å². The summed E-state index contributed by atoms with van der Waals surface area (Å²) in [5.74, 6) is -0.903. The van der Waals surface area contributed by atoms with E-state index < -0.39 is 11.6 Å². The minimum Gasteiger partial charge on any atom is -0.467 e. The van der Waals surface area contributed by atoms with Crippen LogP contribution in [0.25, 0.3) is 10.2 Å². The van der Waals surface area contributed by atoms with Crippen molar-refractivity contribution >= 4 is 27.5 Å². The second-order valence-corrected chi connectivity index (χ2v) is 8.12. The van der Waals surface area contributed by atoms with Crippen molar-refractivity contribution < 1.29 is 18.3 Å². The van der Waals surface area contributed by atoms with Crippen LogP contribution in [0.1, 0.15) is 52.4 Å². The highest BCUT2D eigenvalue weighted by molar-refractivity contribution is 7.20. The maximum absolute atomic E-state index is 13.8. The molecule has 0 bridgehead atoms. The SMILES string of the molecule is CCCC(CCC)C(=O)N1CCC(Oc2nc3c(F)cc(F)cc3s2)CC1. The zero-order valence-corrected chi connectivity index (χ0v) is 16.7. The lowest BCUT2D eigenvalue weighted by Gasteiger charge is -2.34. The second kappa shape index (κ2) is 8.95. The molecule has 0 aliphatic carbocycles. The van der Waals surface area contributed by atoms with Gasteiger partial charge in [-0.1, -0.05) is 38.0 Å². The zero-order chi connectivity index (χ0) is 19.4. The zero-order valence-electron chi connectivity index (χ0n) is 15.8. The number of hydrogen-bond acceptors (Lipinski definition) is 4. The third-order valence-electron chi connectivity index (χ3n) is 5.04. The number of carbonyl (C=O) groups excluding carboxylic acids is 1. The Kier molecular flexibility index (Phi) is 6.63. The van der Waals surface area contributed by atoms with Crippen LogP contribution in [-0.2, 0) is 4.79 Å². The molecule has 2 aromatic rings. The molecule has 0 saturated carbocycles. The van der Waals surface area contributed by atoms with E-state index in [-0.39, 0.29) is 23.4 Å². The normalized spacial score (nSPS) is 15.7. The highest BCUT2D eigenvalue weighted by Gasteiger charge is 2.28. The molecule has 1 amide bonds. The lowest BCUT2D eigenvalue weighted by molar-refractivity contribution is -0.137. The molecule has 1 saturated heterocycles. The Morgan fingerprint density at radius 1 is 1.26 bits per heavy atom. The van der Waals surface area contributed by atoms with Crippen LogP contribution in [0.15, 0.2) is 12.1 Å². The summed E-state index contributed by atoms with van der Waals surface area (Å²) >= 11 is 1.15. The number of nitrogens with zero attached hydrogens (tertiary/aromatic N) is 2. The Labute approximate surface area is 162 Å².